The molecule has 0 fully saturated rings. The second-order valence-corrected chi connectivity index (χ2v) is 3.88. The van der Waals surface area contributed by atoms with Crippen molar-refractivity contribution in [3.8, 4) is 6.07 Å². The summed E-state index contributed by atoms with van der Waals surface area (Å²) < 4.78 is 0. The lowest BCUT2D eigenvalue weighted by Crippen LogP contribution is -2.44. The van der Waals surface area contributed by atoms with Gasteiger partial charge in [-0.2, -0.15) is 5.26 Å². The highest BCUT2D eigenvalue weighted by molar-refractivity contribution is 5.82. The van der Waals surface area contributed by atoms with Gasteiger partial charge in [-0.3, -0.25) is 4.79 Å². The minimum Gasteiger partial charge on any atom is -0.341 e. The molecule has 0 saturated heterocycles. The molecule has 2 N–H and O–H groups in total. The van der Waals surface area contributed by atoms with E-state index in [9.17, 15) is 4.79 Å². The molecule has 0 spiro atoms. The number of nitrogens with two attached hydrogens (primary N) is 1. The Balaban J connectivity index is 4.39. The van der Waals surface area contributed by atoms with Gasteiger partial charge in [-0.05, 0) is 20.8 Å². The van der Waals surface area contributed by atoms with Crippen LogP contribution in [0.1, 0.15) is 27.2 Å². The molecular formula is C10H19N3O. The molecule has 1 amide bonds. The Kier molecular flexibility index (Phi) is 5.18. The molecule has 4 nitrogen and oxygen atoms in total. The third kappa shape index (κ3) is 3.35. The summed E-state index contributed by atoms with van der Waals surface area (Å²) in [5.41, 5.74) is 4.99. The summed E-state index contributed by atoms with van der Waals surface area (Å²) in [4.78, 5) is 13.5. The first-order valence-electron chi connectivity index (χ1n) is 4.86. The number of carbonyl (C=O) groups excluding carboxylic acids is 1. The van der Waals surface area contributed by atoms with Gasteiger partial charge >= 0.3 is 0 Å². The van der Waals surface area contributed by atoms with Crippen LogP contribution in [0, 0.1) is 16.7 Å². The first-order chi connectivity index (χ1) is 6.49. The Morgan fingerprint density at radius 2 is 2.14 bits per heavy atom. The van der Waals surface area contributed by atoms with Crippen LogP contribution < -0.4 is 5.73 Å². The summed E-state index contributed by atoms with van der Waals surface area (Å²) in [5.74, 6) is 0.0257. The van der Waals surface area contributed by atoms with Crippen molar-refractivity contribution in [3.05, 3.63) is 0 Å². The van der Waals surface area contributed by atoms with Crippen LogP contribution in [-0.4, -0.2) is 30.4 Å². The van der Waals surface area contributed by atoms with E-state index in [2.05, 4.69) is 0 Å². The van der Waals surface area contributed by atoms with Crippen LogP contribution >= 0.6 is 0 Å². The molecule has 0 aromatic rings. The van der Waals surface area contributed by atoms with Crippen molar-refractivity contribution in [2.45, 2.75) is 27.2 Å². The van der Waals surface area contributed by atoms with Gasteiger partial charge in [0.15, 0.2) is 0 Å². The molecule has 0 aliphatic rings. The summed E-state index contributed by atoms with van der Waals surface area (Å²) in [6, 6.07) is 2.03. The van der Waals surface area contributed by atoms with Crippen molar-refractivity contribution in [2.75, 3.05) is 19.6 Å². The van der Waals surface area contributed by atoms with E-state index in [4.69, 9.17) is 11.0 Å². The molecule has 0 aromatic carbocycles. The van der Waals surface area contributed by atoms with Gasteiger partial charge in [0.2, 0.25) is 5.91 Å². The molecule has 0 bridgehead atoms. The summed E-state index contributed by atoms with van der Waals surface area (Å²) in [6.07, 6.45) is 0.375. The van der Waals surface area contributed by atoms with Crippen molar-refractivity contribution in [1.82, 2.24) is 4.90 Å². The van der Waals surface area contributed by atoms with Gasteiger partial charge in [0.25, 0.3) is 0 Å². The monoisotopic (exact) mass is 197 g/mol. The maximum atomic E-state index is 11.9. The van der Waals surface area contributed by atoms with E-state index in [0.29, 0.717) is 26.1 Å². The normalized spacial score (nSPS) is 10.8. The lowest BCUT2D eigenvalue weighted by atomic mass is 9.92. The predicted molar refractivity (Wildman–Crippen MR) is 55.3 cm³/mol. The van der Waals surface area contributed by atoms with Gasteiger partial charge in [-0.1, -0.05) is 0 Å². The highest BCUT2D eigenvalue weighted by Crippen LogP contribution is 2.16. The van der Waals surface area contributed by atoms with Crippen LogP contribution in [0.15, 0.2) is 0 Å². The van der Waals surface area contributed by atoms with Crippen molar-refractivity contribution in [3.63, 3.8) is 0 Å². The number of nitrogens with zero attached hydrogens (tertiary/aromatic N) is 2. The molecule has 0 rings (SSSR count). The number of rotatable bonds is 5. The summed E-state index contributed by atoms with van der Waals surface area (Å²) in [5, 5.41) is 8.44. The molecule has 0 aromatic heterocycles. The number of carbonyl (C=O) groups is 1. The van der Waals surface area contributed by atoms with Gasteiger partial charge in [0.1, 0.15) is 0 Å². The zero-order valence-electron chi connectivity index (χ0n) is 9.21. The average Bonchev–Trinajstić information content (AvgIpc) is 2.18. The fourth-order valence-electron chi connectivity index (χ4n) is 1.10. The molecule has 4 heteroatoms. The van der Waals surface area contributed by atoms with Gasteiger partial charge < -0.3 is 10.6 Å². The molecule has 0 heterocycles. The van der Waals surface area contributed by atoms with Crippen molar-refractivity contribution in [1.29, 1.82) is 5.26 Å². The van der Waals surface area contributed by atoms with Crippen LogP contribution in [0.3, 0.4) is 0 Å². The van der Waals surface area contributed by atoms with Gasteiger partial charge in [-0.25, -0.2) is 0 Å². The highest BCUT2D eigenvalue weighted by Gasteiger charge is 2.29. The van der Waals surface area contributed by atoms with E-state index in [1.165, 1.54) is 0 Å². The lowest BCUT2D eigenvalue weighted by molar-refractivity contribution is -0.139. The van der Waals surface area contributed by atoms with E-state index in [-0.39, 0.29) is 5.91 Å². The van der Waals surface area contributed by atoms with E-state index in [1.54, 1.807) is 4.90 Å². The largest absolute Gasteiger partial charge is 0.341 e. The lowest BCUT2D eigenvalue weighted by Gasteiger charge is -2.29. The zero-order chi connectivity index (χ0) is 11.2. The zero-order valence-corrected chi connectivity index (χ0v) is 9.21. The van der Waals surface area contributed by atoms with Gasteiger partial charge in [0.05, 0.1) is 17.9 Å². The number of amides is 1. The maximum absolute atomic E-state index is 11.9. The van der Waals surface area contributed by atoms with E-state index in [1.807, 2.05) is 26.8 Å². The van der Waals surface area contributed by atoms with E-state index < -0.39 is 5.41 Å². The van der Waals surface area contributed by atoms with E-state index in [0.717, 1.165) is 0 Å². The third-order valence-electron chi connectivity index (χ3n) is 2.25. The first-order valence-corrected chi connectivity index (χ1v) is 4.86. The Morgan fingerprint density at radius 3 is 2.50 bits per heavy atom. The molecule has 0 unspecified atom stereocenters. The quantitative estimate of drug-likeness (QED) is 0.706. The smallest absolute Gasteiger partial charge is 0.229 e. The topological polar surface area (TPSA) is 70.1 Å². The predicted octanol–water partition coefficient (Wildman–Crippen LogP) is 0.733. The Labute approximate surface area is 85.7 Å². The second-order valence-electron chi connectivity index (χ2n) is 3.88. The molecule has 0 radical (unpaired) electrons. The molecule has 0 atom stereocenters. The van der Waals surface area contributed by atoms with Gasteiger partial charge in [-0.15, -0.1) is 0 Å². The number of nitriles is 1. The summed E-state index contributed by atoms with van der Waals surface area (Å²) in [6.45, 7) is 7.00. The van der Waals surface area contributed by atoms with Crippen molar-refractivity contribution >= 4 is 5.91 Å². The molecule has 80 valence electrons. The average molecular weight is 197 g/mol. The standard InChI is InChI=1S/C10H19N3O/c1-4-13(7-5-6-11)9(14)10(2,3)8-12/h4-5,7-8,12H2,1-3H3. The van der Waals surface area contributed by atoms with Crippen molar-refractivity contribution < 1.29 is 4.79 Å². The molecule has 0 aliphatic carbocycles. The third-order valence-corrected chi connectivity index (χ3v) is 2.25. The number of hydrogen-bond donors (Lipinski definition) is 1. The highest BCUT2D eigenvalue weighted by atomic mass is 16.2. The van der Waals surface area contributed by atoms with Crippen LogP contribution in [0.25, 0.3) is 0 Å². The number of hydrogen-bond acceptors (Lipinski definition) is 3. The summed E-state index contributed by atoms with van der Waals surface area (Å²) >= 11 is 0. The SMILES string of the molecule is CCN(CCC#N)C(=O)C(C)(C)CN. The molecular weight excluding hydrogens is 178 g/mol. The van der Waals surface area contributed by atoms with Crippen molar-refractivity contribution in [2.24, 2.45) is 11.1 Å². The second kappa shape index (κ2) is 5.61. The minimum absolute atomic E-state index is 0.0257. The maximum Gasteiger partial charge on any atom is 0.229 e. The minimum atomic E-state index is -0.522. The molecule has 0 aliphatic heterocycles. The molecule has 14 heavy (non-hydrogen) atoms. The Hall–Kier alpha value is -1.08. The van der Waals surface area contributed by atoms with Gasteiger partial charge in [0, 0.05) is 19.6 Å². The fraction of sp³-hybridized carbons (Fsp3) is 0.800. The van der Waals surface area contributed by atoms with Crippen LogP contribution in [0.5, 0.6) is 0 Å². The Morgan fingerprint density at radius 1 is 1.57 bits per heavy atom. The summed E-state index contributed by atoms with van der Waals surface area (Å²) in [7, 11) is 0. The fourth-order valence-corrected chi connectivity index (χ4v) is 1.10. The van der Waals surface area contributed by atoms with Crippen LogP contribution in [0.2, 0.25) is 0 Å². The first kappa shape index (κ1) is 12.9. The Bertz CT molecular complexity index is 230. The molecule has 0 saturated carbocycles. The van der Waals surface area contributed by atoms with Crippen LogP contribution in [-0.2, 0) is 4.79 Å². The van der Waals surface area contributed by atoms with Crippen LogP contribution in [0.4, 0.5) is 0 Å². The van der Waals surface area contributed by atoms with E-state index >= 15 is 0 Å².